The molecule has 3 rings (SSSR count). The number of barbiturate groups is 1. The molecule has 9 heteroatoms. The van der Waals surface area contributed by atoms with Crippen LogP contribution in [-0.4, -0.2) is 25.0 Å². The highest BCUT2D eigenvalue weighted by Crippen LogP contribution is 2.27. The molecule has 2 heterocycles. The summed E-state index contributed by atoms with van der Waals surface area (Å²) < 4.78 is 11.8. The first-order valence-corrected chi connectivity index (χ1v) is 8.78. The Hall–Kier alpha value is -2.14. The number of nitrogens with zero attached hydrogens (tertiary/aromatic N) is 1. The van der Waals surface area contributed by atoms with E-state index >= 15 is 0 Å². The van der Waals surface area contributed by atoms with Crippen LogP contribution >= 0.6 is 38.5 Å². The summed E-state index contributed by atoms with van der Waals surface area (Å²) in [5.41, 5.74) is 0.116. The average molecular weight is 517 g/mol. The lowest BCUT2D eigenvalue weighted by Gasteiger charge is -2.26. The number of ether oxygens (including phenoxy) is 1. The van der Waals surface area contributed by atoms with Gasteiger partial charge in [0.05, 0.1) is 17.3 Å². The maximum atomic E-state index is 12.7. The fraction of sp³-hybridized carbons (Fsp3) is 0.0625. The summed E-state index contributed by atoms with van der Waals surface area (Å²) in [6.45, 7) is 0. The van der Waals surface area contributed by atoms with Crippen molar-refractivity contribution in [3.63, 3.8) is 0 Å². The van der Waals surface area contributed by atoms with E-state index in [1.54, 1.807) is 30.3 Å². The van der Waals surface area contributed by atoms with Crippen molar-refractivity contribution >= 4 is 68.1 Å². The molecule has 0 aliphatic carbocycles. The van der Waals surface area contributed by atoms with E-state index in [1.165, 1.54) is 13.2 Å². The van der Waals surface area contributed by atoms with Crippen LogP contribution in [0, 0.1) is 3.77 Å². The maximum Gasteiger partial charge on any atom is 0.335 e. The smallest absolute Gasteiger partial charge is 0.335 e. The summed E-state index contributed by atoms with van der Waals surface area (Å²) in [7, 11) is 1.51. The number of hydrogen-bond acceptors (Lipinski definition) is 5. The lowest BCUT2D eigenvalue weighted by atomic mass is 10.1. The predicted molar refractivity (Wildman–Crippen MR) is 101 cm³/mol. The molecule has 1 aromatic carbocycles. The van der Waals surface area contributed by atoms with Crippen molar-refractivity contribution in [2.45, 2.75) is 0 Å². The van der Waals surface area contributed by atoms with Gasteiger partial charge in [0, 0.05) is 22.6 Å². The molecule has 25 heavy (non-hydrogen) atoms. The maximum absolute atomic E-state index is 12.7. The van der Waals surface area contributed by atoms with Gasteiger partial charge in [0.25, 0.3) is 11.8 Å². The minimum Gasteiger partial charge on any atom is -0.497 e. The lowest BCUT2D eigenvalue weighted by molar-refractivity contribution is -0.122. The number of imide groups is 2. The van der Waals surface area contributed by atoms with Gasteiger partial charge in [-0.15, -0.1) is 0 Å². The van der Waals surface area contributed by atoms with Crippen molar-refractivity contribution in [3.8, 4) is 5.75 Å². The SMILES string of the molecule is COc1ccc(N2C(=O)NC(=O)/C(=C\c3cc(Br)c(I)o3)C2=O)cc1. The molecule has 1 aliphatic rings. The molecule has 0 radical (unpaired) electrons. The van der Waals surface area contributed by atoms with Crippen LogP contribution in [0.2, 0.25) is 0 Å². The van der Waals surface area contributed by atoms with E-state index in [0.717, 1.165) is 4.90 Å². The molecule has 0 spiro atoms. The summed E-state index contributed by atoms with van der Waals surface area (Å²) in [5.74, 6) is -0.613. The Balaban J connectivity index is 1.98. The Morgan fingerprint density at radius 2 is 1.92 bits per heavy atom. The van der Waals surface area contributed by atoms with Gasteiger partial charge in [0.1, 0.15) is 17.1 Å². The number of nitrogens with one attached hydrogen (secondary N) is 1. The van der Waals surface area contributed by atoms with Gasteiger partial charge in [-0.3, -0.25) is 14.9 Å². The number of amides is 4. The first-order valence-electron chi connectivity index (χ1n) is 6.91. The first-order chi connectivity index (χ1) is 11.9. The number of methoxy groups -OCH3 is 1. The number of hydrogen-bond donors (Lipinski definition) is 1. The van der Waals surface area contributed by atoms with E-state index in [2.05, 4.69) is 21.2 Å². The second-order valence-corrected chi connectivity index (χ2v) is 6.76. The fourth-order valence-electron chi connectivity index (χ4n) is 2.20. The predicted octanol–water partition coefficient (Wildman–Crippen LogP) is 3.32. The average Bonchev–Trinajstić information content (AvgIpc) is 2.90. The number of furan rings is 1. The van der Waals surface area contributed by atoms with Crippen LogP contribution in [0.5, 0.6) is 5.75 Å². The Labute approximate surface area is 164 Å². The van der Waals surface area contributed by atoms with E-state index in [1.807, 2.05) is 22.6 Å². The molecule has 1 aromatic heterocycles. The molecule has 1 aliphatic heterocycles. The van der Waals surface area contributed by atoms with Crippen LogP contribution in [0.4, 0.5) is 10.5 Å². The largest absolute Gasteiger partial charge is 0.497 e. The van der Waals surface area contributed by atoms with Crippen molar-refractivity contribution in [2.24, 2.45) is 0 Å². The molecular weight excluding hydrogens is 507 g/mol. The van der Waals surface area contributed by atoms with Gasteiger partial charge in [-0.1, -0.05) is 0 Å². The molecular formula is C16H10BrIN2O5. The van der Waals surface area contributed by atoms with Crippen LogP contribution < -0.4 is 15.0 Å². The summed E-state index contributed by atoms with van der Waals surface area (Å²) in [6, 6.07) is 7.15. The minimum atomic E-state index is -0.812. The van der Waals surface area contributed by atoms with Gasteiger partial charge in [-0.2, -0.15) is 0 Å². The standard InChI is InChI=1S/C16H10BrIN2O5/c1-24-9-4-2-8(3-5-9)20-15(22)11(14(21)19-16(20)23)6-10-7-12(17)13(18)25-10/h2-7H,1H3,(H,19,21,23)/b11-6+. The summed E-state index contributed by atoms with van der Waals surface area (Å²) >= 11 is 5.26. The van der Waals surface area contributed by atoms with Crippen molar-refractivity contribution in [2.75, 3.05) is 12.0 Å². The second kappa shape index (κ2) is 7.00. The van der Waals surface area contributed by atoms with E-state index in [-0.39, 0.29) is 5.57 Å². The molecule has 4 amide bonds. The van der Waals surface area contributed by atoms with Crippen LogP contribution in [-0.2, 0) is 9.59 Å². The zero-order valence-electron chi connectivity index (χ0n) is 12.7. The highest BCUT2D eigenvalue weighted by molar-refractivity contribution is 14.1. The minimum absolute atomic E-state index is 0.201. The molecule has 1 saturated heterocycles. The van der Waals surface area contributed by atoms with Gasteiger partial charge in [-0.25, -0.2) is 9.69 Å². The number of carbonyl (C=O) groups is 3. The molecule has 1 fully saturated rings. The zero-order chi connectivity index (χ0) is 18.1. The Bertz CT molecular complexity index is 884. The zero-order valence-corrected chi connectivity index (χ0v) is 16.5. The summed E-state index contributed by atoms with van der Waals surface area (Å²) in [6.07, 6.45) is 1.30. The number of carbonyl (C=O) groups excluding carboxylic acids is 3. The highest BCUT2D eigenvalue weighted by Gasteiger charge is 2.37. The van der Waals surface area contributed by atoms with Gasteiger partial charge in [0.15, 0.2) is 3.77 Å². The molecule has 0 bridgehead atoms. The van der Waals surface area contributed by atoms with Crippen molar-refractivity contribution in [1.82, 2.24) is 5.32 Å². The van der Waals surface area contributed by atoms with E-state index in [9.17, 15) is 14.4 Å². The van der Waals surface area contributed by atoms with Crippen LogP contribution in [0.15, 0.2) is 44.8 Å². The van der Waals surface area contributed by atoms with Crippen molar-refractivity contribution in [3.05, 3.63) is 49.9 Å². The van der Waals surface area contributed by atoms with E-state index in [0.29, 0.717) is 25.4 Å². The number of halogens is 2. The Morgan fingerprint density at radius 3 is 2.48 bits per heavy atom. The van der Waals surface area contributed by atoms with Crippen molar-refractivity contribution in [1.29, 1.82) is 0 Å². The van der Waals surface area contributed by atoms with E-state index < -0.39 is 17.8 Å². The number of rotatable bonds is 3. The summed E-state index contributed by atoms with van der Waals surface area (Å²) in [4.78, 5) is 37.7. The van der Waals surface area contributed by atoms with E-state index in [4.69, 9.17) is 9.15 Å². The topological polar surface area (TPSA) is 88.8 Å². The van der Waals surface area contributed by atoms with Crippen LogP contribution in [0.3, 0.4) is 0 Å². The number of benzene rings is 1. The lowest BCUT2D eigenvalue weighted by Crippen LogP contribution is -2.54. The van der Waals surface area contributed by atoms with Gasteiger partial charge in [-0.05, 0) is 52.3 Å². The highest BCUT2D eigenvalue weighted by atomic mass is 127. The Kier molecular flexibility index (Phi) is 4.95. The normalized spacial score (nSPS) is 16.4. The second-order valence-electron chi connectivity index (χ2n) is 4.93. The quantitative estimate of drug-likeness (QED) is 0.384. The van der Waals surface area contributed by atoms with Gasteiger partial charge in [0.2, 0.25) is 0 Å². The van der Waals surface area contributed by atoms with Gasteiger partial charge >= 0.3 is 6.03 Å². The molecule has 0 saturated carbocycles. The van der Waals surface area contributed by atoms with Crippen LogP contribution in [0.25, 0.3) is 6.08 Å². The third-order valence-corrected chi connectivity index (χ3v) is 5.51. The molecule has 0 unspecified atom stereocenters. The number of anilines is 1. The van der Waals surface area contributed by atoms with Gasteiger partial charge < -0.3 is 9.15 Å². The number of urea groups is 1. The third-order valence-electron chi connectivity index (χ3n) is 3.38. The molecule has 128 valence electrons. The summed E-state index contributed by atoms with van der Waals surface area (Å²) in [5, 5.41) is 2.15. The molecule has 0 atom stereocenters. The fourth-order valence-corrected chi connectivity index (χ4v) is 2.92. The first kappa shape index (κ1) is 17.7. The molecule has 1 N–H and O–H groups in total. The van der Waals surface area contributed by atoms with Crippen LogP contribution in [0.1, 0.15) is 5.76 Å². The molecule has 7 nitrogen and oxygen atoms in total. The molecule has 2 aromatic rings. The Morgan fingerprint density at radius 1 is 1.24 bits per heavy atom. The monoisotopic (exact) mass is 516 g/mol. The third kappa shape index (κ3) is 3.47. The van der Waals surface area contributed by atoms with Crippen molar-refractivity contribution < 1.29 is 23.5 Å².